The molecule has 1 N–H and O–H groups in total. The second kappa shape index (κ2) is 10.0. The molecule has 0 amide bonds. The standard InChI is InChI=1S/C26H29N5O2/c1-32-24-4-2-3-20(13-24)16-31(17-21-5-6-25-26(14-21)29-19-28-25)23-7-8-27-22(15-23)18-30-9-11-33-12-10-30/h2-8,13-15,19H,9-12,16-18H2,1H3,(H,28,29). The number of anilines is 1. The SMILES string of the molecule is COc1cccc(CN(Cc2ccc3nc[nH]c3c2)c2ccnc(CN3CCOCC3)c2)c1. The Hall–Kier alpha value is -3.42. The van der Waals surface area contributed by atoms with Crippen molar-refractivity contribution < 1.29 is 9.47 Å². The second-order valence-electron chi connectivity index (χ2n) is 8.36. The predicted octanol–water partition coefficient (Wildman–Crippen LogP) is 4.01. The molecule has 0 spiro atoms. The topological polar surface area (TPSA) is 66.5 Å². The number of hydrogen-bond acceptors (Lipinski definition) is 6. The molecule has 4 aromatic rings. The average Bonchev–Trinajstić information content (AvgIpc) is 3.33. The molecule has 5 rings (SSSR count). The van der Waals surface area contributed by atoms with Gasteiger partial charge >= 0.3 is 0 Å². The van der Waals surface area contributed by atoms with Crippen LogP contribution >= 0.6 is 0 Å². The summed E-state index contributed by atoms with van der Waals surface area (Å²) in [6, 6.07) is 19.0. The average molecular weight is 444 g/mol. The summed E-state index contributed by atoms with van der Waals surface area (Å²) in [5, 5.41) is 0. The van der Waals surface area contributed by atoms with Crippen LogP contribution in [0.1, 0.15) is 16.8 Å². The Morgan fingerprint density at radius 2 is 1.85 bits per heavy atom. The maximum absolute atomic E-state index is 5.49. The van der Waals surface area contributed by atoms with E-state index in [1.807, 2.05) is 18.3 Å². The first kappa shape index (κ1) is 21.4. The number of methoxy groups -OCH3 is 1. The molecule has 170 valence electrons. The van der Waals surface area contributed by atoms with E-state index < -0.39 is 0 Å². The quantitative estimate of drug-likeness (QED) is 0.444. The lowest BCUT2D eigenvalue weighted by atomic mass is 10.1. The van der Waals surface area contributed by atoms with Gasteiger partial charge in [-0.25, -0.2) is 4.98 Å². The number of H-pyrrole nitrogens is 1. The van der Waals surface area contributed by atoms with Crippen molar-refractivity contribution in [3.63, 3.8) is 0 Å². The number of aromatic nitrogens is 3. The third-order valence-corrected chi connectivity index (χ3v) is 6.02. The number of benzene rings is 2. The maximum Gasteiger partial charge on any atom is 0.119 e. The molecule has 0 aliphatic carbocycles. The van der Waals surface area contributed by atoms with E-state index in [1.54, 1.807) is 13.4 Å². The van der Waals surface area contributed by atoms with Crippen molar-refractivity contribution in [2.75, 3.05) is 38.3 Å². The van der Waals surface area contributed by atoms with Crippen LogP contribution in [-0.4, -0.2) is 53.3 Å². The van der Waals surface area contributed by atoms with Gasteiger partial charge in [0.15, 0.2) is 0 Å². The van der Waals surface area contributed by atoms with Crippen LogP contribution in [0.5, 0.6) is 5.75 Å². The number of aromatic amines is 1. The molecule has 0 saturated carbocycles. The van der Waals surface area contributed by atoms with Crippen LogP contribution in [0.4, 0.5) is 5.69 Å². The number of fused-ring (bicyclic) bond motifs is 1. The highest BCUT2D eigenvalue weighted by atomic mass is 16.5. The molecular weight excluding hydrogens is 414 g/mol. The van der Waals surface area contributed by atoms with Crippen molar-refractivity contribution in [2.24, 2.45) is 0 Å². The minimum atomic E-state index is 0.763. The highest BCUT2D eigenvalue weighted by Gasteiger charge is 2.14. The van der Waals surface area contributed by atoms with Gasteiger partial charge in [-0.1, -0.05) is 18.2 Å². The van der Waals surface area contributed by atoms with Gasteiger partial charge in [-0.2, -0.15) is 0 Å². The number of nitrogens with zero attached hydrogens (tertiary/aromatic N) is 4. The summed E-state index contributed by atoms with van der Waals surface area (Å²) >= 11 is 0. The summed E-state index contributed by atoms with van der Waals surface area (Å²) in [6.07, 6.45) is 3.66. The van der Waals surface area contributed by atoms with Crippen LogP contribution in [-0.2, 0) is 24.4 Å². The number of ether oxygens (including phenoxy) is 2. The number of nitrogens with one attached hydrogen (secondary N) is 1. The third kappa shape index (κ3) is 5.32. The van der Waals surface area contributed by atoms with Gasteiger partial charge in [0.25, 0.3) is 0 Å². The van der Waals surface area contributed by atoms with Gasteiger partial charge in [0.2, 0.25) is 0 Å². The monoisotopic (exact) mass is 443 g/mol. The Kier molecular flexibility index (Phi) is 6.51. The van der Waals surface area contributed by atoms with Gasteiger partial charge < -0.3 is 19.4 Å². The molecule has 33 heavy (non-hydrogen) atoms. The first-order chi connectivity index (χ1) is 16.3. The lowest BCUT2D eigenvalue weighted by Gasteiger charge is -2.28. The summed E-state index contributed by atoms with van der Waals surface area (Å²) in [7, 11) is 1.71. The highest BCUT2D eigenvalue weighted by molar-refractivity contribution is 5.75. The zero-order valence-electron chi connectivity index (χ0n) is 18.9. The van der Waals surface area contributed by atoms with Gasteiger partial charge in [0, 0.05) is 44.6 Å². The fourth-order valence-electron chi connectivity index (χ4n) is 4.27. The number of hydrogen-bond donors (Lipinski definition) is 1. The molecule has 1 aliphatic rings. The number of morpholine rings is 1. The summed E-state index contributed by atoms with van der Waals surface area (Å²) in [5.41, 5.74) is 6.69. The summed E-state index contributed by atoms with van der Waals surface area (Å²) in [4.78, 5) is 17.0. The molecule has 0 radical (unpaired) electrons. The molecule has 1 aliphatic heterocycles. The van der Waals surface area contributed by atoms with E-state index in [0.29, 0.717) is 0 Å². The van der Waals surface area contributed by atoms with E-state index in [9.17, 15) is 0 Å². The van der Waals surface area contributed by atoms with Gasteiger partial charge in [0.05, 0.1) is 43.4 Å². The van der Waals surface area contributed by atoms with Gasteiger partial charge in [-0.15, -0.1) is 0 Å². The summed E-state index contributed by atoms with van der Waals surface area (Å²) in [6.45, 7) is 5.85. The molecule has 7 heteroatoms. The Labute approximate surface area is 194 Å². The van der Waals surface area contributed by atoms with E-state index >= 15 is 0 Å². The fourth-order valence-corrected chi connectivity index (χ4v) is 4.27. The molecule has 2 aromatic heterocycles. The second-order valence-corrected chi connectivity index (χ2v) is 8.36. The van der Waals surface area contributed by atoms with E-state index in [4.69, 9.17) is 9.47 Å². The van der Waals surface area contributed by atoms with Crippen LogP contribution in [0, 0.1) is 0 Å². The molecule has 2 aromatic carbocycles. The first-order valence-corrected chi connectivity index (χ1v) is 11.3. The molecule has 0 atom stereocenters. The van der Waals surface area contributed by atoms with Crippen molar-refractivity contribution in [3.05, 3.63) is 83.9 Å². The number of imidazole rings is 1. The Morgan fingerprint density at radius 3 is 2.70 bits per heavy atom. The molecule has 1 saturated heterocycles. The molecule has 1 fully saturated rings. The van der Waals surface area contributed by atoms with Crippen molar-refractivity contribution in [3.8, 4) is 5.75 Å². The minimum Gasteiger partial charge on any atom is -0.497 e. The van der Waals surface area contributed by atoms with Crippen molar-refractivity contribution in [1.82, 2.24) is 19.9 Å². The fraction of sp³-hybridized carbons (Fsp3) is 0.308. The normalized spacial score (nSPS) is 14.5. The Morgan fingerprint density at radius 1 is 1.00 bits per heavy atom. The van der Waals surface area contributed by atoms with E-state index in [2.05, 4.69) is 67.2 Å². The zero-order valence-corrected chi connectivity index (χ0v) is 18.9. The van der Waals surface area contributed by atoms with Crippen LogP contribution in [0.3, 0.4) is 0 Å². The van der Waals surface area contributed by atoms with E-state index in [0.717, 1.165) is 74.1 Å². The maximum atomic E-state index is 5.49. The van der Waals surface area contributed by atoms with E-state index in [-0.39, 0.29) is 0 Å². The van der Waals surface area contributed by atoms with Crippen LogP contribution < -0.4 is 9.64 Å². The minimum absolute atomic E-state index is 0.763. The molecule has 3 heterocycles. The van der Waals surface area contributed by atoms with Gasteiger partial charge in [-0.3, -0.25) is 9.88 Å². The van der Waals surface area contributed by atoms with Gasteiger partial charge in [-0.05, 0) is 47.5 Å². The lowest BCUT2D eigenvalue weighted by molar-refractivity contribution is 0.0336. The van der Waals surface area contributed by atoms with Gasteiger partial charge in [0.1, 0.15) is 5.75 Å². The first-order valence-electron chi connectivity index (χ1n) is 11.3. The molecular formula is C26H29N5O2. The third-order valence-electron chi connectivity index (χ3n) is 6.02. The summed E-state index contributed by atoms with van der Waals surface area (Å²) in [5.74, 6) is 0.870. The number of pyridine rings is 1. The van der Waals surface area contributed by atoms with Crippen LogP contribution in [0.25, 0.3) is 11.0 Å². The molecule has 0 unspecified atom stereocenters. The predicted molar refractivity (Wildman–Crippen MR) is 129 cm³/mol. The van der Waals surface area contributed by atoms with Crippen molar-refractivity contribution in [1.29, 1.82) is 0 Å². The van der Waals surface area contributed by atoms with Crippen LogP contribution in [0.2, 0.25) is 0 Å². The lowest BCUT2D eigenvalue weighted by Crippen LogP contribution is -2.35. The highest BCUT2D eigenvalue weighted by Crippen LogP contribution is 2.24. The summed E-state index contributed by atoms with van der Waals surface area (Å²) < 4.78 is 10.9. The number of rotatable bonds is 8. The zero-order chi connectivity index (χ0) is 22.5. The van der Waals surface area contributed by atoms with Crippen molar-refractivity contribution in [2.45, 2.75) is 19.6 Å². The Balaban J connectivity index is 1.42. The smallest absolute Gasteiger partial charge is 0.119 e. The van der Waals surface area contributed by atoms with Crippen molar-refractivity contribution >= 4 is 16.7 Å². The van der Waals surface area contributed by atoms with E-state index in [1.165, 1.54) is 11.1 Å². The van der Waals surface area contributed by atoms with Crippen LogP contribution in [0.15, 0.2) is 67.1 Å². The Bertz CT molecular complexity index is 1200. The largest absolute Gasteiger partial charge is 0.497 e. The molecule has 0 bridgehead atoms. The molecule has 7 nitrogen and oxygen atoms in total.